The van der Waals surface area contributed by atoms with E-state index in [1.807, 2.05) is 6.92 Å². The van der Waals surface area contributed by atoms with Gasteiger partial charge in [-0.2, -0.15) is 0 Å². The van der Waals surface area contributed by atoms with Gasteiger partial charge in [0.25, 0.3) is 0 Å². The van der Waals surface area contributed by atoms with Crippen LogP contribution in [0.3, 0.4) is 0 Å². The number of anilines is 1. The fraction of sp³-hybridized carbons (Fsp3) is 0.667. The van der Waals surface area contributed by atoms with Gasteiger partial charge in [-0.15, -0.1) is 0 Å². The van der Waals surface area contributed by atoms with Crippen molar-refractivity contribution >= 4 is 28.2 Å². The van der Waals surface area contributed by atoms with E-state index in [4.69, 9.17) is 11.6 Å². The van der Waals surface area contributed by atoms with E-state index >= 15 is 0 Å². The van der Waals surface area contributed by atoms with Gasteiger partial charge in [0.1, 0.15) is 16.8 Å². The van der Waals surface area contributed by atoms with Crippen LogP contribution in [0.5, 0.6) is 0 Å². The Bertz CT molecular complexity index is 463. The summed E-state index contributed by atoms with van der Waals surface area (Å²) >= 11 is 6.11. The quantitative estimate of drug-likeness (QED) is 0.645. The van der Waals surface area contributed by atoms with Crippen molar-refractivity contribution in [2.75, 3.05) is 23.9 Å². The van der Waals surface area contributed by atoms with Crippen molar-refractivity contribution in [3.8, 4) is 0 Å². The van der Waals surface area contributed by atoms with Crippen LogP contribution in [0.1, 0.15) is 36.6 Å². The van der Waals surface area contributed by atoms with E-state index in [9.17, 15) is 4.21 Å². The largest absolute Gasteiger partial charge is 0.370 e. The average molecular weight is 288 g/mol. The maximum atomic E-state index is 11.0. The van der Waals surface area contributed by atoms with Gasteiger partial charge < -0.3 is 5.32 Å². The monoisotopic (exact) mass is 287 g/mol. The van der Waals surface area contributed by atoms with Crippen LogP contribution in [0, 0.1) is 6.92 Å². The summed E-state index contributed by atoms with van der Waals surface area (Å²) in [5, 5.41) is 3.80. The molecule has 0 aliphatic heterocycles. The van der Waals surface area contributed by atoms with Crippen molar-refractivity contribution in [3.63, 3.8) is 0 Å². The van der Waals surface area contributed by atoms with Gasteiger partial charge in [-0.05, 0) is 26.2 Å². The fourth-order valence-electron chi connectivity index (χ4n) is 1.68. The van der Waals surface area contributed by atoms with Gasteiger partial charge in [-0.3, -0.25) is 4.21 Å². The molecule has 4 nitrogen and oxygen atoms in total. The molecule has 1 unspecified atom stereocenters. The van der Waals surface area contributed by atoms with Crippen LogP contribution in [0.2, 0.25) is 5.15 Å². The summed E-state index contributed by atoms with van der Waals surface area (Å²) in [5.41, 5.74) is 0.888. The molecule has 1 N–H and O–H groups in total. The second-order valence-corrected chi connectivity index (χ2v) is 6.59. The Morgan fingerprint density at radius 1 is 1.44 bits per heavy atom. The van der Waals surface area contributed by atoms with Crippen LogP contribution in [0.4, 0.5) is 5.82 Å². The fourth-order valence-corrected chi connectivity index (χ4v) is 2.41. The number of aromatic nitrogens is 2. The highest BCUT2D eigenvalue weighted by Crippen LogP contribution is 2.39. The highest BCUT2D eigenvalue weighted by atomic mass is 35.5. The van der Waals surface area contributed by atoms with Gasteiger partial charge in [-0.25, -0.2) is 9.97 Å². The molecule has 2 rings (SSSR count). The first kappa shape index (κ1) is 13.7. The molecule has 0 bridgehead atoms. The van der Waals surface area contributed by atoms with E-state index in [0.29, 0.717) is 16.8 Å². The third-order valence-corrected chi connectivity index (χ3v) is 4.18. The zero-order chi connectivity index (χ0) is 13.1. The van der Waals surface area contributed by atoms with Crippen molar-refractivity contribution in [3.05, 3.63) is 16.5 Å². The summed E-state index contributed by atoms with van der Waals surface area (Å²) in [4.78, 5) is 8.85. The second kappa shape index (κ2) is 5.97. The second-order valence-electron chi connectivity index (χ2n) is 4.68. The summed E-state index contributed by atoms with van der Waals surface area (Å²) < 4.78 is 11.0. The smallest absolute Gasteiger partial charge is 0.137 e. The number of halogens is 1. The van der Waals surface area contributed by atoms with Crippen LogP contribution in [-0.4, -0.2) is 32.7 Å². The standard InChI is InChI=1S/C12H18ClN3OS/c1-8-10(13)15-12(9-4-5-9)16-11(8)14-6-3-7-18(2)17/h9H,3-7H2,1-2H3,(H,14,15,16). The van der Waals surface area contributed by atoms with Crippen LogP contribution in [0.15, 0.2) is 0 Å². The molecule has 1 saturated carbocycles. The number of nitrogens with zero attached hydrogens (tertiary/aromatic N) is 2. The van der Waals surface area contributed by atoms with E-state index in [-0.39, 0.29) is 0 Å². The molecule has 1 aromatic heterocycles. The van der Waals surface area contributed by atoms with E-state index in [2.05, 4.69) is 15.3 Å². The van der Waals surface area contributed by atoms with Crippen molar-refractivity contribution in [2.24, 2.45) is 0 Å². The zero-order valence-corrected chi connectivity index (χ0v) is 12.3. The van der Waals surface area contributed by atoms with Gasteiger partial charge in [0, 0.05) is 40.8 Å². The van der Waals surface area contributed by atoms with Crippen LogP contribution in [0.25, 0.3) is 0 Å². The van der Waals surface area contributed by atoms with Crippen LogP contribution >= 0.6 is 11.6 Å². The molecule has 1 aromatic rings. The molecule has 0 amide bonds. The summed E-state index contributed by atoms with van der Waals surface area (Å²) in [5.74, 6) is 2.87. The topological polar surface area (TPSA) is 54.9 Å². The first-order valence-corrected chi connectivity index (χ1v) is 8.26. The first-order valence-electron chi connectivity index (χ1n) is 6.16. The average Bonchev–Trinajstić information content (AvgIpc) is 3.13. The summed E-state index contributed by atoms with van der Waals surface area (Å²) in [7, 11) is -0.734. The Morgan fingerprint density at radius 2 is 2.17 bits per heavy atom. The van der Waals surface area contributed by atoms with Gasteiger partial charge in [0.2, 0.25) is 0 Å². The molecule has 1 fully saturated rings. The Labute approximate surface area is 115 Å². The van der Waals surface area contributed by atoms with Crippen LogP contribution < -0.4 is 5.32 Å². The maximum absolute atomic E-state index is 11.0. The molecule has 1 heterocycles. The molecule has 0 spiro atoms. The van der Waals surface area contributed by atoms with Crippen molar-refractivity contribution in [2.45, 2.75) is 32.1 Å². The molecule has 0 aromatic carbocycles. The predicted octanol–water partition coefficient (Wildman–Crippen LogP) is 2.50. The molecule has 1 aliphatic rings. The highest BCUT2D eigenvalue weighted by Gasteiger charge is 2.27. The van der Waals surface area contributed by atoms with Crippen molar-refractivity contribution in [1.82, 2.24) is 9.97 Å². The Balaban J connectivity index is 1.99. The third-order valence-electron chi connectivity index (χ3n) is 2.95. The van der Waals surface area contributed by atoms with Gasteiger partial charge in [0.05, 0.1) is 0 Å². The van der Waals surface area contributed by atoms with Gasteiger partial charge in [-0.1, -0.05) is 11.6 Å². The molecule has 100 valence electrons. The van der Waals surface area contributed by atoms with Crippen molar-refractivity contribution < 1.29 is 4.21 Å². The molecule has 0 saturated heterocycles. The van der Waals surface area contributed by atoms with Gasteiger partial charge >= 0.3 is 0 Å². The van der Waals surface area contributed by atoms with E-state index in [0.717, 1.165) is 43.0 Å². The molecule has 6 heteroatoms. The minimum Gasteiger partial charge on any atom is -0.370 e. The molecule has 0 radical (unpaired) electrons. The Kier molecular flexibility index (Phi) is 4.56. The molecule has 1 aliphatic carbocycles. The lowest BCUT2D eigenvalue weighted by Gasteiger charge is -2.10. The zero-order valence-electron chi connectivity index (χ0n) is 10.7. The molecule has 1 atom stereocenters. The molecular formula is C12H18ClN3OS. The SMILES string of the molecule is Cc1c(Cl)nc(C2CC2)nc1NCCCS(C)=O. The highest BCUT2D eigenvalue weighted by molar-refractivity contribution is 7.84. The summed E-state index contributed by atoms with van der Waals surface area (Å²) in [6.45, 7) is 2.68. The summed E-state index contributed by atoms with van der Waals surface area (Å²) in [6, 6.07) is 0. The number of hydrogen-bond donors (Lipinski definition) is 1. The maximum Gasteiger partial charge on any atom is 0.137 e. The van der Waals surface area contributed by atoms with Gasteiger partial charge in [0.15, 0.2) is 0 Å². The lowest BCUT2D eigenvalue weighted by Crippen LogP contribution is -2.10. The Morgan fingerprint density at radius 3 is 2.78 bits per heavy atom. The predicted molar refractivity (Wildman–Crippen MR) is 75.8 cm³/mol. The van der Waals surface area contributed by atoms with Crippen LogP contribution in [-0.2, 0) is 10.8 Å². The number of nitrogens with one attached hydrogen (secondary N) is 1. The third kappa shape index (κ3) is 3.65. The lowest BCUT2D eigenvalue weighted by molar-refractivity contribution is 0.685. The van der Waals surface area contributed by atoms with Crippen molar-refractivity contribution in [1.29, 1.82) is 0 Å². The minimum absolute atomic E-state index is 0.492. The Hall–Kier alpha value is -0.680. The molecular weight excluding hydrogens is 270 g/mol. The lowest BCUT2D eigenvalue weighted by atomic mass is 10.3. The first-order chi connectivity index (χ1) is 8.58. The molecule has 18 heavy (non-hydrogen) atoms. The van der Waals surface area contributed by atoms with E-state index in [1.165, 1.54) is 0 Å². The number of hydrogen-bond acceptors (Lipinski definition) is 4. The normalized spacial score (nSPS) is 16.6. The van der Waals surface area contributed by atoms with E-state index in [1.54, 1.807) is 6.26 Å². The van der Waals surface area contributed by atoms with E-state index < -0.39 is 10.8 Å². The minimum atomic E-state index is -0.734. The number of rotatable bonds is 6. The summed E-state index contributed by atoms with van der Waals surface area (Å²) in [6.07, 6.45) is 4.90.